The summed E-state index contributed by atoms with van der Waals surface area (Å²) in [6, 6.07) is 12.2. The molecular weight excluding hydrogens is 182 g/mol. The molecule has 1 saturated heterocycles. The average Bonchev–Trinajstić information content (AvgIpc) is 2.30. The van der Waals surface area contributed by atoms with Crippen LogP contribution in [0.15, 0.2) is 30.3 Å². The van der Waals surface area contributed by atoms with Crippen molar-refractivity contribution in [1.82, 2.24) is 4.90 Å². The van der Waals surface area contributed by atoms with E-state index in [1.807, 2.05) is 0 Å². The number of hydrogen-bond acceptors (Lipinski definition) is 1. The summed E-state index contributed by atoms with van der Waals surface area (Å²) in [5.74, 6) is 0. The summed E-state index contributed by atoms with van der Waals surface area (Å²) in [6.45, 7) is 5.95. The first-order chi connectivity index (χ1) is 7.29. The molecule has 82 valence electrons. The third-order valence-electron chi connectivity index (χ3n) is 3.63. The Morgan fingerprint density at radius 2 is 1.93 bits per heavy atom. The lowest BCUT2D eigenvalue weighted by Gasteiger charge is -2.38. The molecule has 0 aliphatic carbocycles. The van der Waals surface area contributed by atoms with Crippen LogP contribution in [-0.4, -0.2) is 17.5 Å². The Morgan fingerprint density at radius 3 is 2.60 bits per heavy atom. The number of piperidine rings is 1. The van der Waals surface area contributed by atoms with Crippen LogP contribution in [0.2, 0.25) is 0 Å². The number of benzene rings is 1. The Bertz CT molecular complexity index is 293. The molecule has 0 saturated carbocycles. The van der Waals surface area contributed by atoms with Gasteiger partial charge in [-0.2, -0.15) is 0 Å². The first-order valence-electron chi connectivity index (χ1n) is 6.09. The molecule has 0 N–H and O–H groups in total. The van der Waals surface area contributed by atoms with Crippen LogP contribution < -0.4 is 0 Å². The molecule has 1 aromatic rings. The monoisotopic (exact) mass is 203 g/mol. The van der Waals surface area contributed by atoms with Crippen LogP contribution in [0, 0.1) is 0 Å². The maximum Gasteiger partial charge on any atom is 0.0322 e. The van der Waals surface area contributed by atoms with E-state index in [1.54, 1.807) is 0 Å². The van der Waals surface area contributed by atoms with Crippen LogP contribution in [0.5, 0.6) is 0 Å². The van der Waals surface area contributed by atoms with Crippen LogP contribution in [0.3, 0.4) is 0 Å². The molecule has 1 aliphatic heterocycles. The lowest BCUT2D eigenvalue weighted by atomic mass is 9.98. The summed E-state index contributed by atoms with van der Waals surface area (Å²) in [7, 11) is 0. The first kappa shape index (κ1) is 10.7. The van der Waals surface area contributed by atoms with Crippen molar-refractivity contribution in [2.45, 2.75) is 45.2 Å². The first-order valence-corrected chi connectivity index (χ1v) is 6.09. The molecule has 0 radical (unpaired) electrons. The molecule has 0 spiro atoms. The summed E-state index contributed by atoms with van der Waals surface area (Å²) in [5.41, 5.74) is 1.45. The van der Waals surface area contributed by atoms with Gasteiger partial charge < -0.3 is 0 Å². The van der Waals surface area contributed by atoms with E-state index in [4.69, 9.17) is 0 Å². The van der Waals surface area contributed by atoms with Gasteiger partial charge in [-0.15, -0.1) is 0 Å². The van der Waals surface area contributed by atoms with Gasteiger partial charge in [0.25, 0.3) is 0 Å². The van der Waals surface area contributed by atoms with Crippen LogP contribution in [0.4, 0.5) is 0 Å². The zero-order chi connectivity index (χ0) is 10.7. The third-order valence-corrected chi connectivity index (χ3v) is 3.63. The van der Waals surface area contributed by atoms with Crippen molar-refractivity contribution in [3.05, 3.63) is 35.9 Å². The van der Waals surface area contributed by atoms with Gasteiger partial charge in [0.2, 0.25) is 0 Å². The minimum atomic E-state index is 0.571. The topological polar surface area (TPSA) is 3.24 Å². The molecule has 1 aliphatic rings. The Morgan fingerprint density at radius 1 is 1.20 bits per heavy atom. The summed E-state index contributed by atoms with van der Waals surface area (Å²) in [4.78, 5) is 2.64. The van der Waals surface area contributed by atoms with E-state index in [1.165, 1.54) is 31.4 Å². The molecule has 2 rings (SSSR count). The second-order valence-corrected chi connectivity index (χ2v) is 4.67. The van der Waals surface area contributed by atoms with E-state index in [0.717, 1.165) is 6.04 Å². The minimum absolute atomic E-state index is 0.571. The van der Waals surface area contributed by atoms with Gasteiger partial charge in [0, 0.05) is 12.1 Å². The standard InChI is InChI=1S/C14H21N/c1-12-8-6-7-11-15(12)13(2)14-9-4-3-5-10-14/h3-5,9-10,12-13H,6-8,11H2,1-2H3. The van der Waals surface area contributed by atoms with Gasteiger partial charge >= 0.3 is 0 Å². The molecule has 2 atom stereocenters. The maximum atomic E-state index is 2.64. The van der Waals surface area contributed by atoms with E-state index in [2.05, 4.69) is 49.1 Å². The van der Waals surface area contributed by atoms with Crippen molar-refractivity contribution >= 4 is 0 Å². The van der Waals surface area contributed by atoms with E-state index in [-0.39, 0.29) is 0 Å². The SMILES string of the molecule is CC1CCCCN1C(C)c1ccccc1. The predicted molar refractivity (Wildman–Crippen MR) is 64.9 cm³/mol. The molecule has 1 heterocycles. The number of likely N-dealkylation sites (tertiary alicyclic amines) is 1. The Hall–Kier alpha value is -0.820. The lowest BCUT2D eigenvalue weighted by Crippen LogP contribution is -2.39. The van der Waals surface area contributed by atoms with Gasteiger partial charge in [-0.25, -0.2) is 0 Å². The number of hydrogen-bond donors (Lipinski definition) is 0. The fourth-order valence-electron chi connectivity index (χ4n) is 2.62. The summed E-state index contributed by atoms with van der Waals surface area (Å²) in [6.07, 6.45) is 4.12. The molecule has 0 bridgehead atoms. The van der Waals surface area contributed by atoms with E-state index in [0.29, 0.717) is 6.04 Å². The van der Waals surface area contributed by atoms with Gasteiger partial charge in [-0.3, -0.25) is 4.90 Å². The highest BCUT2D eigenvalue weighted by Crippen LogP contribution is 2.27. The normalized spacial score (nSPS) is 25.1. The van der Waals surface area contributed by atoms with Crippen molar-refractivity contribution in [3.8, 4) is 0 Å². The molecule has 1 aromatic carbocycles. The van der Waals surface area contributed by atoms with Crippen molar-refractivity contribution in [1.29, 1.82) is 0 Å². The van der Waals surface area contributed by atoms with Crippen molar-refractivity contribution in [2.75, 3.05) is 6.54 Å². The Labute approximate surface area is 93.1 Å². The van der Waals surface area contributed by atoms with Crippen molar-refractivity contribution in [2.24, 2.45) is 0 Å². The Balaban J connectivity index is 2.09. The smallest absolute Gasteiger partial charge is 0.0322 e. The second kappa shape index (κ2) is 4.80. The number of nitrogens with zero attached hydrogens (tertiary/aromatic N) is 1. The summed E-state index contributed by atoms with van der Waals surface area (Å²) < 4.78 is 0. The van der Waals surface area contributed by atoms with Gasteiger partial charge in [0.05, 0.1) is 0 Å². The van der Waals surface area contributed by atoms with Crippen LogP contribution in [-0.2, 0) is 0 Å². The van der Waals surface area contributed by atoms with E-state index < -0.39 is 0 Å². The van der Waals surface area contributed by atoms with Crippen molar-refractivity contribution < 1.29 is 0 Å². The Kier molecular flexibility index (Phi) is 3.42. The summed E-state index contributed by atoms with van der Waals surface area (Å²) in [5, 5.41) is 0. The van der Waals surface area contributed by atoms with E-state index >= 15 is 0 Å². The molecule has 1 nitrogen and oxygen atoms in total. The van der Waals surface area contributed by atoms with Gasteiger partial charge in [-0.1, -0.05) is 36.8 Å². The highest BCUT2D eigenvalue weighted by atomic mass is 15.2. The van der Waals surface area contributed by atoms with Crippen molar-refractivity contribution in [3.63, 3.8) is 0 Å². The third kappa shape index (κ3) is 2.40. The van der Waals surface area contributed by atoms with Gasteiger partial charge in [0.15, 0.2) is 0 Å². The zero-order valence-electron chi connectivity index (χ0n) is 9.82. The fourth-order valence-corrected chi connectivity index (χ4v) is 2.62. The quantitative estimate of drug-likeness (QED) is 0.709. The molecule has 15 heavy (non-hydrogen) atoms. The largest absolute Gasteiger partial charge is 0.294 e. The molecule has 2 unspecified atom stereocenters. The van der Waals surface area contributed by atoms with Gasteiger partial charge in [-0.05, 0) is 38.8 Å². The highest BCUT2D eigenvalue weighted by molar-refractivity contribution is 5.18. The second-order valence-electron chi connectivity index (χ2n) is 4.67. The highest BCUT2D eigenvalue weighted by Gasteiger charge is 2.23. The minimum Gasteiger partial charge on any atom is -0.294 e. The molecule has 1 heteroatoms. The van der Waals surface area contributed by atoms with Crippen LogP contribution in [0.25, 0.3) is 0 Å². The summed E-state index contributed by atoms with van der Waals surface area (Å²) >= 11 is 0. The van der Waals surface area contributed by atoms with E-state index in [9.17, 15) is 0 Å². The molecule has 0 aromatic heterocycles. The average molecular weight is 203 g/mol. The molecular formula is C14H21N. The molecule has 0 amide bonds. The fraction of sp³-hybridized carbons (Fsp3) is 0.571. The lowest BCUT2D eigenvalue weighted by molar-refractivity contribution is 0.114. The molecule has 1 fully saturated rings. The van der Waals surface area contributed by atoms with Gasteiger partial charge in [0.1, 0.15) is 0 Å². The van der Waals surface area contributed by atoms with Crippen LogP contribution >= 0.6 is 0 Å². The predicted octanol–water partition coefficient (Wildman–Crippen LogP) is 3.62. The van der Waals surface area contributed by atoms with Crippen LogP contribution in [0.1, 0.15) is 44.7 Å². The zero-order valence-corrected chi connectivity index (χ0v) is 9.82. The number of rotatable bonds is 2. The maximum absolute atomic E-state index is 2.64.